The van der Waals surface area contributed by atoms with Crippen LogP contribution in [-0.2, 0) is 22.0 Å². The van der Waals surface area contributed by atoms with Gasteiger partial charge in [0.1, 0.15) is 4.88 Å². The highest BCUT2D eigenvalue weighted by Crippen LogP contribution is 2.38. The summed E-state index contributed by atoms with van der Waals surface area (Å²) in [6.07, 6.45) is 7.28. The van der Waals surface area contributed by atoms with Crippen LogP contribution in [0.2, 0.25) is 0 Å². The molecule has 2 saturated carbocycles. The monoisotopic (exact) mass is 527 g/mol. The molecule has 0 bridgehead atoms. The predicted molar refractivity (Wildman–Crippen MR) is 146 cm³/mol. The largest absolute Gasteiger partial charge is 0.617 e. The third-order valence-corrected chi connectivity index (χ3v) is 8.96. The summed E-state index contributed by atoms with van der Waals surface area (Å²) in [5.41, 5.74) is 3.20. The summed E-state index contributed by atoms with van der Waals surface area (Å²) < 4.78 is 0.852. The highest BCUT2D eigenvalue weighted by molar-refractivity contribution is 7.16. The van der Waals surface area contributed by atoms with Crippen molar-refractivity contribution < 1.29 is 19.4 Å². The standard InChI is InChI=1S/C29H41N3O4S/c1-28(2,3)22-15-18(16-23(31-22)29(4,5)6)24-21(12-17-10-8-7-9-11-17)32(36)26(37-24)25(33)30-20-13-19(14-20)27(34)35/h15-17,19-20H,7-14H2,1-6H3,(H,30,33)(H,34,35). The fraction of sp³-hybridized carbons (Fsp3) is 0.655. The first kappa shape index (κ1) is 27.6. The van der Waals surface area contributed by atoms with Crippen LogP contribution in [0, 0.1) is 17.0 Å². The summed E-state index contributed by atoms with van der Waals surface area (Å²) in [6, 6.07) is 3.95. The topological polar surface area (TPSA) is 106 Å². The second-order valence-corrected chi connectivity index (χ2v) is 14.0. The number of carbonyl (C=O) groups is 2. The Labute approximate surface area is 224 Å². The molecule has 0 aliphatic heterocycles. The smallest absolute Gasteiger partial charge is 0.339 e. The lowest BCUT2D eigenvalue weighted by Crippen LogP contribution is -2.49. The Morgan fingerprint density at radius 3 is 2.14 bits per heavy atom. The van der Waals surface area contributed by atoms with Gasteiger partial charge in [0.05, 0.1) is 5.92 Å². The van der Waals surface area contributed by atoms with E-state index in [0.717, 1.165) is 39.4 Å². The minimum atomic E-state index is -0.834. The third-order valence-electron chi connectivity index (χ3n) is 7.74. The molecule has 37 heavy (non-hydrogen) atoms. The molecule has 0 radical (unpaired) electrons. The Morgan fingerprint density at radius 2 is 1.62 bits per heavy atom. The van der Waals surface area contributed by atoms with E-state index in [1.54, 1.807) is 0 Å². The quantitative estimate of drug-likeness (QED) is 0.367. The Morgan fingerprint density at radius 1 is 1.05 bits per heavy atom. The van der Waals surface area contributed by atoms with Gasteiger partial charge in [-0.25, -0.2) is 0 Å². The van der Waals surface area contributed by atoms with Crippen molar-refractivity contribution in [2.45, 2.75) is 110 Å². The molecule has 0 spiro atoms. The zero-order valence-corrected chi connectivity index (χ0v) is 23.8. The van der Waals surface area contributed by atoms with Gasteiger partial charge in [-0.05, 0) is 43.7 Å². The number of carboxylic acid groups (broad SMARTS) is 1. The zero-order chi connectivity index (χ0) is 27.1. The van der Waals surface area contributed by atoms with Crippen molar-refractivity contribution >= 4 is 23.2 Å². The first-order valence-corrected chi connectivity index (χ1v) is 14.4. The predicted octanol–water partition coefficient (Wildman–Crippen LogP) is 5.75. The number of aliphatic carboxylic acids is 1. The molecular formula is C29H41N3O4S. The molecule has 2 aromatic rings. The maximum atomic E-state index is 13.7. The average molecular weight is 528 g/mol. The second kappa shape index (κ2) is 10.4. The number of hydrogen-bond donors (Lipinski definition) is 2. The maximum absolute atomic E-state index is 13.7. The Kier molecular flexibility index (Phi) is 7.71. The number of aromatic nitrogens is 2. The van der Waals surface area contributed by atoms with Crippen LogP contribution >= 0.6 is 11.3 Å². The van der Waals surface area contributed by atoms with E-state index in [1.165, 1.54) is 30.6 Å². The lowest BCUT2D eigenvalue weighted by atomic mass is 9.80. The van der Waals surface area contributed by atoms with Gasteiger partial charge in [0.2, 0.25) is 5.69 Å². The number of rotatable bonds is 6. The molecule has 202 valence electrons. The van der Waals surface area contributed by atoms with E-state index in [-0.39, 0.29) is 21.9 Å². The summed E-state index contributed by atoms with van der Waals surface area (Å²) in [7, 11) is 0. The molecule has 0 aromatic carbocycles. The highest BCUT2D eigenvalue weighted by Gasteiger charge is 2.38. The van der Waals surface area contributed by atoms with Gasteiger partial charge >= 0.3 is 16.9 Å². The number of nitrogens with zero attached hydrogens (tertiary/aromatic N) is 2. The fourth-order valence-corrected chi connectivity index (χ4v) is 6.29. The van der Waals surface area contributed by atoms with Crippen LogP contribution < -0.4 is 10.0 Å². The van der Waals surface area contributed by atoms with Gasteiger partial charge in [-0.15, -0.1) is 0 Å². The minimum Gasteiger partial charge on any atom is -0.617 e. The molecule has 0 unspecified atom stereocenters. The van der Waals surface area contributed by atoms with Crippen molar-refractivity contribution in [2.75, 3.05) is 0 Å². The molecule has 2 heterocycles. The molecule has 8 heteroatoms. The van der Waals surface area contributed by atoms with Crippen LogP contribution in [0.25, 0.3) is 10.4 Å². The Bertz CT molecular complexity index is 1130. The second-order valence-electron chi connectivity index (χ2n) is 13.0. The summed E-state index contributed by atoms with van der Waals surface area (Å²) in [5.74, 6) is -1.23. The van der Waals surface area contributed by atoms with E-state index in [0.29, 0.717) is 30.9 Å². The molecule has 2 fully saturated rings. The molecule has 0 atom stereocenters. The number of amides is 1. The van der Waals surface area contributed by atoms with Crippen LogP contribution in [0.3, 0.4) is 0 Å². The van der Waals surface area contributed by atoms with Crippen LogP contribution in [-0.4, -0.2) is 28.0 Å². The number of nitrogens with one attached hydrogen (secondary N) is 1. The van der Waals surface area contributed by atoms with Gasteiger partial charge in [0.25, 0.3) is 0 Å². The van der Waals surface area contributed by atoms with Crippen molar-refractivity contribution in [1.82, 2.24) is 10.3 Å². The Hall–Kier alpha value is -2.48. The number of hydrogen-bond acceptors (Lipinski definition) is 5. The lowest BCUT2D eigenvalue weighted by Gasteiger charge is -2.32. The average Bonchev–Trinajstić information content (AvgIpc) is 3.11. The van der Waals surface area contributed by atoms with Crippen molar-refractivity contribution in [2.24, 2.45) is 11.8 Å². The van der Waals surface area contributed by atoms with E-state index < -0.39 is 17.8 Å². The summed E-state index contributed by atoms with van der Waals surface area (Å²) >= 11 is 1.25. The van der Waals surface area contributed by atoms with Crippen molar-refractivity contribution in [1.29, 1.82) is 0 Å². The Balaban J connectivity index is 1.75. The number of pyridine rings is 1. The van der Waals surface area contributed by atoms with Gasteiger partial charge in [-0.1, -0.05) is 72.1 Å². The molecule has 7 nitrogen and oxygen atoms in total. The molecule has 0 saturated heterocycles. The molecule has 1 amide bonds. The molecule has 2 aromatic heterocycles. The van der Waals surface area contributed by atoms with Crippen LogP contribution in [0.15, 0.2) is 12.1 Å². The SMILES string of the molecule is CC(C)(C)c1cc(-c2sc(C(=O)NC3CC(C(=O)O)C3)[n+]([O-])c2CC2CCCCC2)cc(C(C)(C)C)n1. The first-order valence-electron chi connectivity index (χ1n) is 13.6. The van der Waals surface area contributed by atoms with Crippen LogP contribution in [0.5, 0.6) is 0 Å². The van der Waals surface area contributed by atoms with E-state index in [4.69, 9.17) is 10.1 Å². The zero-order valence-electron chi connectivity index (χ0n) is 23.0. The summed E-state index contributed by atoms with van der Waals surface area (Å²) in [4.78, 5) is 30.2. The van der Waals surface area contributed by atoms with E-state index in [9.17, 15) is 14.8 Å². The van der Waals surface area contributed by atoms with Crippen molar-refractivity contribution in [3.8, 4) is 10.4 Å². The number of thiazole rings is 1. The molecule has 2 aliphatic carbocycles. The summed E-state index contributed by atoms with van der Waals surface area (Å²) in [5, 5.41) is 25.8. The maximum Gasteiger partial charge on any atom is 0.339 e. The number of carboxylic acids is 1. The van der Waals surface area contributed by atoms with Gasteiger partial charge < -0.3 is 15.6 Å². The first-order chi connectivity index (χ1) is 17.2. The van der Waals surface area contributed by atoms with Crippen LogP contribution in [0.4, 0.5) is 0 Å². The number of carbonyl (C=O) groups excluding carboxylic acids is 1. The fourth-order valence-electron chi connectivity index (χ4n) is 5.23. The normalized spacial score (nSPS) is 20.9. The van der Waals surface area contributed by atoms with E-state index in [2.05, 4.69) is 59.0 Å². The van der Waals surface area contributed by atoms with Gasteiger partial charge in [-0.3, -0.25) is 14.6 Å². The van der Waals surface area contributed by atoms with Crippen molar-refractivity contribution in [3.63, 3.8) is 0 Å². The highest BCUT2D eigenvalue weighted by atomic mass is 32.1. The minimum absolute atomic E-state index is 0.131. The van der Waals surface area contributed by atoms with Crippen LogP contribution in [0.1, 0.15) is 113 Å². The van der Waals surface area contributed by atoms with E-state index >= 15 is 0 Å². The molecule has 4 rings (SSSR count). The van der Waals surface area contributed by atoms with Crippen molar-refractivity contribution in [3.05, 3.63) is 39.4 Å². The van der Waals surface area contributed by atoms with Gasteiger partial charge in [-0.2, -0.15) is 4.73 Å². The summed E-state index contributed by atoms with van der Waals surface area (Å²) in [6.45, 7) is 12.8. The third kappa shape index (κ3) is 6.16. The lowest BCUT2D eigenvalue weighted by molar-refractivity contribution is -0.610. The van der Waals surface area contributed by atoms with E-state index in [1.807, 2.05) is 0 Å². The van der Waals surface area contributed by atoms with Gasteiger partial charge in [0.15, 0.2) is 0 Å². The molecule has 2 N–H and O–H groups in total. The van der Waals surface area contributed by atoms with Gasteiger partial charge in [0, 0.05) is 40.2 Å². The molecule has 2 aliphatic rings. The molecular weight excluding hydrogens is 486 g/mol.